The average Bonchev–Trinajstić information content (AvgIpc) is 3.31. The summed E-state index contributed by atoms with van der Waals surface area (Å²) >= 11 is 0. The first kappa shape index (κ1) is 25.3. The number of aliphatic hydroxyl groups excluding tert-OH is 1. The third-order valence-electron chi connectivity index (χ3n) is 6.01. The second-order valence-corrected chi connectivity index (χ2v) is 10.2. The van der Waals surface area contributed by atoms with Crippen molar-refractivity contribution in [2.75, 3.05) is 12.0 Å². The van der Waals surface area contributed by atoms with Crippen molar-refractivity contribution in [1.29, 1.82) is 0 Å². The van der Waals surface area contributed by atoms with E-state index in [1.807, 2.05) is 44.2 Å². The first-order chi connectivity index (χ1) is 17.3. The number of pyridine rings is 1. The molecule has 2 N–H and O–H groups in total. The zero-order chi connectivity index (χ0) is 25.9. The molecule has 11 heteroatoms. The Morgan fingerprint density at radius 3 is 2.44 bits per heavy atom. The maximum atomic E-state index is 13.3. The molecule has 10 nitrogen and oxygen atoms in total. The molecule has 0 saturated carbocycles. The minimum absolute atomic E-state index is 0.0559. The Labute approximate surface area is 209 Å². The SMILES string of the molecule is CC[C@H](CO)N(Cc1ccccc1)Nc1c([N+](=O)[O-])cnc2c1ccn2S(=O)(=O)c1ccc(C)cc1. The molecule has 4 rings (SSSR count). The summed E-state index contributed by atoms with van der Waals surface area (Å²) in [6.07, 6.45) is 2.96. The van der Waals surface area contributed by atoms with Crippen molar-refractivity contribution in [1.82, 2.24) is 14.0 Å². The van der Waals surface area contributed by atoms with E-state index in [-0.39, 0.29) is 40.0 Å². The van der Waals surface area contributed by atoms with Crippen LogP contribution >= 0.6 is 0 Å². The summed E-state index contributed by atoms with van der Waals surface area (Å²) < 4.78 is 27.7. The van der Waals surface area contributed by atoms with Crippen LogP contribution in [0, 0.1) is 17.0 Å². The van der Waals surface area contributed by atoms with Gasteiger partial charge in [0.1, 0.15) is 11.9 Å². The van der Waals surface area contributed by atoms with Crippen molar-refractivity contribution >= 4 is 32.4 Å². The van der Waals surface area contributed by atoms with Crippen LogP contribution in [-0.4, -0.2) is 45.1 Å². The number of rotatable bonds is 10. The van der Waals surface area contributed by atoms with Gasteiger partial charge in [-0.25, -0.2) is 22.4 Å². The molecule has 2 aromatic heterocycles. The van der Waals surface area contributed by atoms with E-state index in [1.54, 1.807) is 17.1 Å². The van der Waals surface area contributed by atoms with Gasteiger partial charge < -0.3 is 10.5 Å². The zero-order valence-electron chi connectivity index (χ0n) is 19.9. The lowest BCUT2D eigenvalue weighted by molar-refractivity contribution is -0.384. The van der Waals surface area contributed by atoms with Gasteiger partial charge in [0.25, 0.3) is 10.0 Å². The zero-order valence-corrected chi connectivity index (χ0v) is 20.7. The molecule has 0 saturated heterocycles. The number of fused-ring (bicyclic) bond motifs is 1. The number of aryl methyl sites for hydroxylation is 1. The second kappa shape index (κ2) is 10.4. The van der Waals surface area contributed by atoms with Crippen LogP contribution in [0.4, 0.5) is 11.4 Å². The number of hydrogen-bond acceptors (Lipinski definition) is 8. The highest BCUT2D eigenvalue weighted by Gasteiger charge is 2.27. The summed E-state index contributed by atoms with van der Waals surface area (Å²) in [5.74, 6) is 0. The smallest absolute Gasteiger partial charge is 0.312 e. The number of benzene rings is 2. The third-order valence-corrected chi connectivity index (χ3v) is 7.69. The van der Waals surface area contributed by atoms with E-state index in [0.29, 0.717) is 13.0 Å². The molecule has 0 bridgehead atoms. The van der Waals surface area contributed by atoms with Crippen LogP contribution in [0.25, 0.3) is 11.0 Å². The van der Waals surface area contributed by atoms with E-state index in [4.69, 9.17) is 0 Å². The molecule has 2 heterocycles. The predicted octanol–water partition coefficient (Wildman–Crippen LogP) is 4.09. The number of nitrogens with one attached hydrogen (secondary N) is 1. The molecule has 0 fully saturated rings. The first-order valence-corrected chi connectivity index (χ1v) is 12.8. The van der Waals surface area contributed by atoms with Gasteiger partial charge in [-0.2, -0.15) is 0 Å². The van der Waals surface area contributed by atoms with Gasteiger partial charge in [0, 0.05) is 12.7 Å². The number of hydrogen-bond donors (Lipinski definition) is 2. The third kappa shape index (κ3) is 4.94. The largest absolute Gasteiger partial charge is 0.395 e. The van der Waals surface area contributed by atoms with Crippen molar-refractivity contribution in [3.63, 3.8) is 0 Å². The van der Waals surface area contributed by atoms with Gasteiger partial charge in [-0.1, -0.05) is 55.0 Å². The monoisotopic (exact) mass is 509 g/mol. The van der Waals surface area contributed by atoms with Gasteiger partial charge >= 0.3 is 5.69 Å². The van der Waals surface area contributed by atoms with Gasteiger partial charge in [-0.3, -0.25) is 10.1 Å². The number of nitrogens with zero attached hydrogens (tertiary/aromatic N) is 4. The van der Waals surface area contributed by atoms with Crippen LogP contribution in [0.3, 0.4) is 0 Å². The molecule has 0 unspecified atom stereocenters. The predicted molar refractivity (Wildman–Crippen MR) is 137 cm³/mol. The van der Waals surface area contributed by atoms with E-state index in [1.165, 1.54) is 24.4 Å². The summed E-state index contributed by atoms with van der Waals surface area (Å²) in [7, 11) is -3.99. The fraction of sp³-hybridized carbons (Fsp3) is 0.240. The van der Waals surface area contributed by atoms with Crippen LogP contribution in [0.15, 0.2) is 78.0 Å². The van der Waals surface area contributed by atoms with Crippen LogP contribution in [0.1, 0.15) is 24.5 Å². The molecular weight excluding hydrogens is 482 g/mol. The van der Waals surface area contributed by atoms with Crippen molar-refractivity contribution in [3.05, 3.63) is 94.3 Å². The Morgan fingerprint density at radius 1 is 1.14 bits per heavy atom. The van der Waals surface area contributed by atoms with Gasteiger partial charge in [0.05, 0.1) is 27.9 Å². The molecule has 4 aromatic rings. The molecule has 0 aliphatic rings. The van der Waals surface area contributed by atoms with Gasteiger partial charge in [-0.05, 0) is 37.1 Å². The Hall–Kier alpha value is -3.80. The number of anilines is 1. The van der Waals surface area contributed by atoms with Crippen molar-refractivity contribution in [2.24, 2.45) is 0 Å². The first-order valence-electron chi connectivity index (χ1n) is 11.4. The fourth-order valence-corrected chi connectivity index (χ4v) is 5.26. The minimum atomic E-state index is -3.99. The van der Waals surface area contributed by atoms with Crippen LogP contribution in [0.5, 0.6) is 0 Å². The van der Waals surface area contributed by atoms with Crippen LogP contribution in [0.2, 0.25) is 0 Å². The van der Waals surface area contributed by atoms with E-state index in [9.17, 15) is 23.6 Å². The number of aromatic nitrogens is 2. The van der Waals surface area contributed by atoms with E-state index < -0.39 is 14.9 Å². The fourth-order valence-electron chi connectivity index (χ4n) is 3.96. The summed E-state index contributed by atoms with van der Waals surface area (Å²) in [6, 6.07) is 17.0. The number of aliphatic hydroxyl groups is 1. The molecule has 0 aliphatic carbocycles. The summed E-state index contributed by atoms with van der Waals surface area (Å²) in [5.41, 5.74) is 4.82. The normalized spacial score (nSPS) is 12.7. The van der Waals surface area contributed by atoms with E-state index >= 15 is 0 Å². The lowest BCUT2D eigenvalue weighted by Crippen LogP contribution is -2.41. The molecule has 1 atom stereocenters. The maximum Gasteiger partial charge on any atom is 0.312 e. The highest BCUT2D eigenvalue weighted by atomic mass is 32.2. The standard InChI is InChI=1S/C25H27N5O5S/c1-3-20(17-31)28(16-19-7-5-4-6-8-19)27-24-22-13-14-29(25(22)26-15-23(24)30(32)33)36(34,35)21-11-9-18(2)10-12-21/h4-15,20,31H,3,16-17H2,1-2H3,(H,26,27)/t20-/m1/s1. The van der Waals surface area contributed by atoms with Gasteiger partial charge in [0.15, 0.2) is 5.65 Å². The van der Waals surface area contributed by atoms with Crippen molar-refractivity contribution in [2.45, 2.75) is 37.8 Å². The topological polar surface area (TPSA) is 131 Å². The molecular formula is C25H27N5O5S. The summed E-state index contributed by atoms with van der Waals surface area (Å²) in [6.45, 7) is 3.93. The molecule has 188 valence electrons. The van der Waals surface area contributed by atoms with Crippen molar-refractivity contribution < 1.29 is 18.4 Å². The Kier molecular flexibility index (Phi) is 7.34. The summed E-state index contributed by atoms with van der Waals surface area (Å²) in [4.78, 5) is 15.6. The molecule has 0 aliphatic heterocycles. The minimum Gasteiger partial charge on any atom is -0.395 e. The van der Waals surface area contributed by atoms with Gasteiger partial charge in [-0.15, -0.1) is 0 Å². The lowest BCUT2D eigenvalue weighted by Gasteiger charge is -2.31. The summed E-state index contributed by atoms with van der Waals surface area (Å²) in [5, 5.41) is 23.9. The molecule has 0 spiro atoms. The number of hydrazine groups is 1. The molecule has 36 heavy (non-hydrogen) atoms. The van der Waals surface area contributed by atoms with Crippen LogP contribution < -0.4 is 5.43 Å². The van der Waals surface area contributed by atoms with Crippen molar-refractivity contribution in [3.8, 4) is 0 Å². The van der Waals surface area contributed by atoms with Crippen LogP contribution in [-0.2, 0) is 16.6 Å². The second-order valence-electron chi connectivity index (χ2n) is 8.41. The quantitative estimate of drug-likeness (QED) is 0.241. The Bertz CT molecular complexity index is 1470. The Morgan fingerprint density at radius 2 is 1.83 bits per heavy atom. The highest BCUT2D eigenvalue weighted by molar-refractivity contribution is 7.90. The van der Waals surface area contributed by atoms with E-state index in [0.717, 1.165) is 21.3 Å². The average molecular weight is 510 g/mol. The maximum absolute atomic E-state index is 13.3. The van der Waals surface area contributed by atoms with Gasteiger partial charge in [0.2, 0.25) is 0 Å². The van der Waals surface area contributed by atoms with E-state index in [2.05, 4.69) is 10.4 Å². The Balaban J connectivity index is 1.83. The lowest BCUT2D eigenvalue weighted by atomic mass is 10.1. The molecule has 2 aromatic carbocycles. The molecule has 0 amide bonds. The number of nitro groups is 1. The molecule has 0 radical (unpaired) electrons. The highest BCUT2D eigenvalue weighted by Crippen LogP contribution is 2.34.